The van der Waals surface area contributed by atoms with Crippen LogP contribution in [-0.4, -0.2) is 61.5 Å². The van der Waals surface area contributed by atoms with Gasteiger partial charge in [0.25, 0.3) is 15.9 Å². The lowest BCUT2D eigenvalue weighted by Crippen LogP contribution is -2.38. The molecule has 0 bridgehead atoms. The average molecular weight is 648 g/mol. The molecule has 0 N–H and O–H groups in total. The highest BCUT2D eigenvalue weighted by molar-refractivity contribution is 7.92. The van der Waals surface area contributed by atoms with Crippen LogP contribution in [0.3, 0.4) is 0 Å². The topological polar surface area (TPSA) is 118 Å². The van der Waals surface area contributed by atoms with Gasteiger partial charge in [-0.05, 0) is 36.2 Å². The summed E-state index contributed by atoms with van der Waals surface area (Å²) in [5.74, 6) is -3.81. The Morgan fingerprint density at radius 2 is 1.87 bits per heavy atom. The summed E-state index contributed by atoms with van der Waals surface area (Å²) < 4.78 is 96.7. The van der Waals surface area contributed by atoms with Crippen molar-refractivity contribution in [3.63, 3.8) is 0 Å². The van der Waals surface area contributed by atoms with Crippen LogP contribution in [0.15, 0.2) is 72.3 Å². The van der Waals surface area contributed by atoms with Crippen molar-refractivity contribution in [1.29, 1.82) is 0 Å². The Morgan fingerprint density at radius 1 is 1.07 bits per heavy atom. The Labute approximate surface area is 258 Å². The molecule has 5 rings (SSSR count). The summed E-state index contributed by atoms with van der Waals surface area (Å²) in [5, 5.41) is 4.20. The molecule has 1 fully saturated rings. The molecule has 0 aliphatic heterocycles. The van der Waals surface area contributed by atoms with Gasteiger partial charge in [0.2, 0.25) is 0 Å². The van der Waals surface area contributed by atoms with Crippen molar-refractivity contribution in [2.75, 3.05) is 25.6 Å². The number of halogens is 3. The van der Waals surface area contributed by atoms with Gasteiger partial charge in [-0.15, -0.1) is 0 Å². The number of aromatic nitrogens is 4. The predicted molar refractivity (Wildman–Crippen MR) is 157 cm³/mol. The van der Waals surface area contributed by atoms with Crippen LogP contribution >= 0.6 is 0 Å². The quantitative estimate of drug-likeness (QED) is 0.205. The second-order valence-corrected chi connectivity index (χ2v) is 12.3. The molecular formula is C30H32F3N5O6S. The van der Waals surface area contributed by atoms with E-state index in [1.807, 2.05) is 0 Å². The van der Waals surface area contributed by atoms with Gasteiger partial charge in [0.1, 0.15) is 52.9 Å². The van der Waals surface area contributed by atoms with E-state index in [0.29, 0.717) is 22.6 Å². The molecule has 11 nitrogen and oxygen atoms in total. The molecule has 4 aromatic rings. The molecule has 2 aromatic carbocycles. The van der Waals surface area contributed by atoms with E-state index in [1.165, 1.54) is 50.7 Å². The Bertz CT molecular complexity index is 1720. The second kappa shape index (κ2) is 13.3. The van der Waals surface area contributed by atoms with Crippen LogP contribution in [0.1, 0.15) is 36.3 Å². The Hall–Kier alpha value is -4.37. The Morgan fingerprint density at radius 3 is 2.56 bits per heavy atom. The van der Waals surface area contributed by atoms with Gasteiger partial charge in [0, 0.05) is 62.0 Å². The van der Waals surface area contributed by atoms with Gasteiger partial charge in [0.05, 0.1) is 27.0 Å². The molecule has 2 atom stereocenters. The van der Waals surface area contributed by atoms with Crippen LogP contribution in [0.4, 0.5) is 19.0 Å². The predicted octanol–water partition coefficient (Wildman–Crippen LogP) is 5.18. The van der Waals surface area contributed by atoms with Crippen molar-refractivity contribution in [1.82, 2.24) is 19.7 Å². The Balaban J connectivity index is 1.45. The fraction of sp³-hybridized carbons (Fsp3) is 0.367. The number of rotatable bonds is 12. The van der Waals surface area contributed by atoms with Crippen LogP contribution in [0, 0.1) is 5.82 Å². The minimum atomic E-state index is -4.57. The van der Waals surface area contributed by atoms with Crippen LogP contribution in [0.2, 0.25) is 0 Å². The second-order valence-electron chi connectivity index (χ2n) is 10.4. The van der Waals surface area contributed by atoms with Gasteiger partial charge in [-0.2, -0.15) is 5.10 Å². The number of benzene rings is 2. The number of anilines is 1. The fourth-order valence-electron chi connectivity index (χ4n) is 5.29. The van der Waals surface area contributed by atoms with E-state index in [0.717, 1.165) is 16.4 Å². The maximum absolute atomic E-state index is 15.7. The zero-order valence-corrected chi connectivity index (χ0v) is 25.6. The first-order valence-corrected chi connectivity index (χ1v) is 15.3. The van der Waals surface area contributed by atoms with Crippen LogP contribution in [0.5, 0.6) is 17.2 Å². The average Bonchev–Trinajstić information content (AvgIpc) is 3.48. The third kappa shape index (κ3) is 7.14. The van der Waals surface area contributed by atoms with Crippen molar-refractivity contribution >= 4 is 15.8 Å². The first kappa shape index (κ1) is 32.0. The molecule has 0 amide bonds. The largest absolute Gasteiger partial charge is 0.497 e. The number of nitrogens with zero attached hydrogens (tertiary/aromatic N) is 5. The van der Waals surface area contributed by atoms with Gasteiger partial charge >= 0.3 is 0 Å². The summed E-state index contributed by atoms with van der Waals surface area (Å²) in [5.41, 5.74) is 1.14. The molecule has 240 valence electrons. The number of alkyl halides is 2. The summed E-state index contributed by atoms with van der Waals surface area (Å²) in [4.78, 5) is 7.27. The van der Waals surface area contributed by atoms with Crippen molar-refractivity contribution in [3.8, 4) is 17.2 Å². The third-order valence-electron chi connectivity index (χ3n) is 7.50. The van der Waals surface area contributed by atoms with E-state index in [2.05, 4.69) is 15.1 Å². The molecule has 0 radical (unpaired) electrons. The molecule has 1 saturated carbocycles. The van der Waals surface area contributed by atoms with Crippen molar-refractivity contribution < 1.29 is 40.5 Å². The highest BCUT2D eigenvalue weighted by Crippen LogP contribution is 2.43. The highest BCUT2D eigenvalue weighted by Gasteiger charge is 2.44. The van der Waals surface area contributed by atoms with Gasteiger partial charge in [-0.1, -0.05) is 0 Å². The van der Waals surface area contributed by atoms with Crippen LogP contribution < -0.4 is 18.5 Å². The summed E-state index contributed by atoms with van der Waals surface area (Å²) in [7, 11) is -0.142. The first-order valence-electron chi connectivity index (χ1n) is 13.9. The molecule has 1 aliphatic carbocycles. The molecule has 2 unspecified atom stereocenters. The van der Waals surface area contributed by atoms with E-state index in [4.69, 9.17) is 18.9 Å². The summed E-state index contributed by atoms with van der Waals surface area (Å²) in [6.07, 6.45) is 3.97. The van der Waals surface area contributed by atoms with Gasteiger partial charge in [0.15, 0.2) is 0 Å². The zero-order chi connectivity index (χ0) is 32.2. The molecular weight excluding hydrogens is 615 g/mol. The summed E-state index contributed by atoms with van der Waals surface area (Å²) >= 11 is 0. The first-order chi connectivity index (χ1) is 21.5. The molecule has 2 heterocycles. The van der Waals surface area contributed by atoms with E-state index < -0.39 is 45.1 Å². The van der Waals surface area contributed by atoms with Gasteiger partial charge in [-0.25, -0.2) is 40.5 Å². The molecule has 0 spiro atoms. The normalized spacial score (nSPS) is 17.9. The minimum absolute atomic E-state index is 0.0103. The van der Waals surface area contributed by atoms with E-state index in [9.17, 15) is 17.2 Å². The molecule has 1 aliphatic rings. The standard InChI is InChI=1S/C30H32F3N5O6S/c1-41-19-37-16-21(15-36-37)24-8-10-30(32,33)14-27(24)44-23-6-7-28(25(31)12-23)45(39,40)38(29-9-11-34-18-35-29)17-20-4-5-22(42-2)13-26(20)43-3/h4-7,9,11-13,15-16,18,24,27H,8,10,14,17,19H2,1-3H3. The molecule has 45 heavy (non-hydrogen) atoms. The van der Waals surface area contributed by atoms with E-state index in [1.54, 1.807) is 30.6 Å². The van der Waals surface area contributed by atoms with Crippen molar-refractivity contribution in [2.45, 2.75) is 55.4 Å². The highest BCUT2D eigenvalue weighted by atomic mass is 32.2. The zero-order valence-electron chi connectivity index (χ0n) is 24.8. The van der Waals surface area contributed by atoms with Crippen molar-refractivity contribution in [2.24, 2.45) is 0 Å². The maximum atomic E-state index is 15.7. The number of methoxy groups -OCH3 is 3. The van der Waals surface area contributed by atoms with Gasteiger partial charge < -0.3 is 18.9 Å². The lowest BCUT2D eigenvalue weighted by molar-refractivity contribution is -0.0773. The van der Waals surface area contributed by atoms with Crippen LogP contribution in [0.25, 0.3) is 0 Å². The monoisotopic (exact) mass is 647 g/mol. The van der Waals surface area contributed by atoms with E-state index >= 15 is 4.39 Å². The lowest BCUT2D eigenvalue weighted by atomic mass is 9.81. The fourth-order valence-corrected chi connectivity index (χ4v) is 6.73. The van der Waals surface area contributed by atoms with Crippen LogP contribution in [-0.2, 0) is 28.0 Å². The molecule has 0 saturated heterocycles. The molecule has 15 heteroatoms. The number of sulfonamides is 1. The van der Waals surface area contributed by atoms with Gasteiger partial charge in [-0.3, -0.25) is 0 Å². The Kier molecular flexibility index (Phi) is 9.48. The smallest absolute Gasteiger partial charge is 0.268 e. The lowest BCUT2D eigenvalue weighted by Gasteiger charge is -2.35. The number of ether oxygens (including phenoxy) is 4. The summed E-state index contributed by atoms with van der Waals surface area (Å²) in [6.45, 7) is -0.0768. The summed E-state index contributed by atoms with van der Waals surface area (Å²) in [6, 6.07) is 9.42. The number of hydrogen-bond acceptors (Lipinski definition) is 9. The SMILES string of the molecule is COCn1cc(C2CCC(F)(F)CC2Oc2ccc(S(=O)(=O)N(Cc3ccc(OC)cc3OC)c3ccncn3)c(F)c2)cn1. The maximum Gasteiger partial charge on any atom is 0.268 e. The van der Waals surface area contributed by atoms with Crippen molar-refractivity contribution in [3.05, 3.63) is 84.3 Å². The third-order valence-corrected chi connectivity index (χ3v) is 9.28. The number of hydrogen-bond donors (Lipinski definition) is 0. The molecule has 2 aromatic heterocycles. The minimum Gasteiger partial charge on any atom is -0.497 e. The van der Waals surface area contributed by atoms with E-state index in [-0.39, 0.29) is 37.7 Å².